The lowest BCUT2D eigenvalue weighted by Gasteiger charge is -2.58. The van der Waals surface area contributed by atoms with Crippen LogP contribution >= 0.6 is 0 Å². The van der Waals surface area contributed by atoms with Gasteiger partial charge in [0, 0.05) is 6.61 Å². The van der Waals surface area contributed by atoms with Crippen molar-refractivity contribution in [1.29, 1.82) is 0 Å². The van der Waals surface area contributed by atoms with E-state index < -0.39 is 0 Å². The average Bonchev–Trinajstić information content (AvgIpc) is 3.17. The number of hydrogen-bond acceptors (Lipinski definition) is 2. The molecule has 3 saturated carbocycles. The van der Waals surface area contributed by atoms with E-state index in [1.807, 2.05) is 0 Å². The smallest absolute Gasteiger partial charge is 0.157 e. The first-order chi connectivity index (χ1) is 16.3. The highest BCUT2D eigenvalue weighted by Crippen LogP contribution is 2.67. The van der Waals surface area contributed by atoms with Gasteiger partial charge < -0.3 is 9.47 Å². The van der Waals surface area contributed by atoms with Crippen LogP contribution in [0.5, 0.6) is 0 Å². The monoisotopic (exact) mass is 470 g/mol. The van der Waals surface area contributed by atoms with E-state index in [4.69, 9.17) is 9.47 Å². The van der Waals surface area contributed by atoms with Gasteiger partial charge in [-0.15, -0.1) is 0 Å². The van der Waals surface area contributed by atoms with E-state index in [-0.39, 0.29) is 6.29 Å². The number of ether oxygens (including phenoxy) is 2. The molecule has 0 spiro atoms. The zero-order valence-corrected chi connectivity index (χ0v) is 23.1. The molecule has 0 radical (unpaired) electrons. The van der Waals surface area contributed by atoms with Gasteiger partial charge in [0.2, 0.25) is 0 Å². The van der Waals surface area contributed by atoms with Crippen molar-refractivity contribution in [2.75, 3.05) is 6.61 Å². The van der Waals surface area contributed by atoms with Crippen molar-refractivity contribution in [2.24, 2.45) is 46.3 Å². The normalized spacial score (nSPS) is 45.3. The van der Waals surface area contributed by atoms with Crippen molar-refractivity contribution < 1.29 is 9.47 Å². The highest BCUT2D eigenvalue weighted by atomic mass is 16.7. The molecule has 1 heterocycles. The number of rotatable bonds is 7. The lowest BCUT2D eigenvalue weighted by Crippen LogP contribution is -2.51. The second-order valence-electron chi connectivity index (χ2n) is 14.1. The van der Waals surface area contributed by atoms with Crippen LogP contribution in [0.4, 0.5) is 0 Å². The molecule has 4 fully saturated rings. The van der Waals surface area contributed by atoms with Gasteiger partial charge in [-0.05, 0) is 117 Å². The van der Waals surface area contributed by atoms with Gasteiger partial charge in [0.15, 0.2) is 6.29 Å². The third-order valence-corrected chi connectivity index (χ3v) is 11.7. The number of hydrogen-bond donors (Lipinski definition) is 0. The third kappa shape index (κ3) is 4.69. The molecule has 9 atom stereocenters. The van der Waals surface area contributed by atoms with Gasteiger partial charge in [-0.1, -0.05) is 65.5 Å². The van der Waals surface area contributed by atoms with Crippen LogP contribution in [0.25, 0.3) is 0 Å². The van der Waals surface area contributed by atoms with Crippen molar-refractivity contribution in [2.45, 2.75) is 137 Å². The highest BCUT2D eigenvalue weighted by Gasteiger charge is 2.59. The maximum absolute atomic E-state index is 6.47. The van der Waals surface area contributed by atoms with Gasteiger partial charge in [-0.25, -0.2) is 0 Å². The maximum Gasteiger partial charge on any atom is 0.157 e. The summed E-state index contributed by atoms with van der Waals surface area (Å²) in [4.78, 5) is 0. The van der Waals surface area contributed by atoms with Gasteiger partial charge >= 0.3 is 0 Å². The number of fused-ring (bicyclic) bond motifs is 5. The molecule has 4 aliphatic carbocycles. The summed E-state index contributed by atoms with van der Waals surface area (Å²) < 4.78 is 12.4. The summed E-state index contributed by atoms with van der Waals surface area (Å²) in [5.74, 6) is 5.53. The third-order valence-electron chi connectivity index (χ3n) is 11.7. The fraction of sp³-hybridized carbons (Fsp3) is 0.938. The molecule has 0 amide bonds. The summed E-state index contributed by atoms with van der Waals surface area (Å²) in [6.07, 6.45) is 22.0. The Morgan fingerprint density at radius 2 is 1.82 bits per heavy atom. The molecule has 0 bridgehead atoms. The molecule has 5 aliphatic rings. The standard InChI is InChI=1S/C32H54O2/c1-22(2)9-8-10-23(3)27-14-15-28-26-13-12-24-21-25(34-30-11-6-7-20-33-30)16-18-31(24,4)29(26)17-19-32(27,28)5/h12,22-23,25-30H,6-11,13-21H2,1-5H3/t23-,25-,26-,27+,28-,29-,30+,31-,32+/m0/s1. The molecule has 0 aromatic carbocycles. The van der Waals surface area contributed by atoms with Crippen molar-refractivity contribution in [1.82, 2.24) is 0 Å². The predicted molar refractivity (Wildman–Crippen MR) is 142 cm³/mol. The Bertz CT molecular complexity index is 721. The average molecular weight is 471 g/mol. The van der Waals surface area contributed by atoms with Crippen LogP contribution < -0.4 is 0 Å². The molecular weight excluding hydrogens is 416 g/mol. The van der Waals surface area contributed by atoms with Crippen molar-refractivity contribution in [3.63, 3.8) is 0 Å². The molecule has 0 aromatic heterocycles. The van der Waals surface area contributed by atoms with E-state index in [1.165, 1.54) is 77.0 Å². The minimum atomic E-state index is 0.0633. The molecule has 2 nitrogen and oxygen atoms in total. The molecule has 34 heavy (non-hydrogen) atoms. The molecule has 0 unspecified atom stereocenters. The molecule has 1 saturated heterocycles. The molecule has 194 valence electrons. The second-order valence-corrected chi connectivity index (χ2v) is 14.1. The first kappa shape index (κ1) is 25.3. The Morgan fingerprint density at radius 3 is 2.59 bits per heavy atom. The number of allylic oxidation sites excluding steroid dienone is 1. The van der Waals surface area contributed by atoms with Gasteiger partial charge in [0.05, 0.1) is 6.10 Å². The largest absolute Gasteiger partial charge is 0.353 e. The van der Waals surface area contributed by atoms with E-state index in [0.29, 0.717) is 16.9 Å². The summed E-state index contributed by atoms with van der Waals surface area (Å²) in [5, 5.41) is 0. The Morgan fingerprint density at radius 1 is 0.971 bits per heavy atom. The van der Waals surface area contributed by atoms with E-state index in [0.717, 1.165) is 55.0 Å². The van der Waals surface area contributed by atoms with Crippen LogP contribution in [0.1, 0.15) is 125 Å². The molecular formula is C32H54O2. The van der Waals surface area contributed by atoms with Gasteiger partial charge in [-0.3, -0.25) is 0 Å². The van der Waals surface area contributed by atoms with Crippen LogP contribution in [0.15, 0.2) is 11.6 Å². The van der Waals surface area contributed by atoms with Crippen LogP contribution in [0.2, 0.25) is 0 Å². The predicted octanol–water partition coefficient (Wildman–Crippen LogP) is 8.94. The quantitative estimate of drug-likeness (QED) is 0.346. The Kier molecular flexibility index (Phi) is 7.59. The van der Waals surface area contributed by atoms with E-state index in [2.05, 4.69) is 40.7 Å². The summed E-state index contributed by atoms with van der Waals surface area (Å²) in [6, 6.07) is 0. The Balaban J connectivity index is 1.24. The summed E-state index contributed by atoms with van der Waals surface area (Å²) >= 11 is 0. The molecule has 0 aromatic rings. The molecule has 2 heteroatoms. The van der Waals surface area contributed by atoms with E-state index >= 15 is 0 Å². The van der Waals surface area contributed by atoms with Gasteiger partial charge in [-0.2, -0.15) is 0 Å². The van der Waals surface area contributed by atoms with Crippen molar-refractivity contribution >= 4 is 0 Å². The molecule has 1 aliphatic heterocycles. The summed E-state index contributed by atoms with van der Waals surface area (Å²) in [5.41, 5.74) is 2.78. The summed E-state index contributed by atoms with van der Waals surface area (Å²) in [6.45, 7) is 13.6. The second kappa shape index (κ2) is 10.2. The van der Waals surface area contributed by atoms with E-state index in [9.17, 15) is 0 Å². The zero-order chi connectivity index (χ0) is 23.9. The first-order valence-electron chi connectivity index (χ1n) is 15.3. The lowest BCUT2D eigenvalue weighted by atomic mass is 9.47. The van der Waals surface area contributed by atoms with Crippen molar-refractivity contribution in [3.8, 4) is 0 Å². The minimum Gasteiger partial charge on any atom is -0.353 e. The van der Waals surface area contributed by atoms with E-state index in [1.54, 1.807) is 5.57 Å². The Hall–Kier alpha value is -0.340. The lowest BCUT2D eigenvalue weighted by molar-refractivity contribution is -0.195. The van der Waals surface area contributed by atoms with Crippen LogP contribution in [-0.2, 0) is 9.47 Å². The first-order valence-corrected chi connectivity index (χ1v) is 15.3. The van der Waals surface area contributed by atoms with Crippen molar-refractivity contribution in [3.05, 3.63) is 11.6 Å². The maximum atomic E-state index is 6.47. The molecule has 5 rings (SSSR count). The minimum absolute atomic E-state index is 0.0633. The zero-order valence-electron chi connectivity index (χ0n) is 23.1. The Labute approximate surface area is 211 Å². The fourth-order valence-electron chi connectivity index (χ4n) is 9.80. The van der Waals surface area contributed by atoms with Gasteiger partial charge in [0.1, 0.15) is 0 Å². The van der Waals surface area contributed by atoms with Gasteiger partial charge in [0.25, 0.3) is 0 Å². The van der Waals surface area contributed by atoms with Crippen LogP contribution in [0, 0.1) is 46.3 Å². The topological polar surface area (TPSA) is 18.5 Å². The van der Waals surface area contributed by atoms with Crippen LogP contribution in [0.3, 0.4) is 0 Å². The van der Waals surface area contributed by atoms with Crippen LogP contribution in [-0.4, -0.2) is 19.0 Å². The molecule has 0 N–H and O–H groups in total. The fourth-order valence-corrected chi connectivity index (χ4v) is 9.80. The highest BCUT2D eigenvalue weighted by molar-refractivity contribution is 5.25. The SMILES string of the molecule is CC(C)CCC[C@H](C)[C@H]1CC[C@H]2[C@@H]3CC=C4C[C@@H](O[C@@H]5CCCCO5)CC[C@]4(C)[C@H]3CC[C@]12C. The summed E-state index contributed by atoms with van der Waals surface area (Å²) in [7, 11) is 0.